The van der Waals surface area contributed by atoms with Gasteiger partial charge in [-0.25, -0.2) is 4.79 Å². The highest BCUT2D eigenvalue weighted by Gasteiger charge is 2.46. The molecule has 2 aromatic carbocycles. The van der Waals surface area contributed by atoms with Gasteiger partial charge in [0.05, 0.1) is 0 Å². The van der Waals surface area contributed by atoms with E-state index in [9.17, 15) is 18.4 Å². The number of piperidine rings is 1. The van der Waals surface area contributed by atoms with E-state index in [2.05, 4.69) is 4.74 Å². The highest BCUT2D eigenvalue weighted by atomic mass is 19.3. The van der Waals surface area contributed by atoms with Crippen molar-refractivity contribution < 1.29 is 27.8 Å². The minimum atomic E-state index is -2.93. The van der Waals surface area contributed by atoms with Gasteiger partial charge in [0.1, 0.15) is 12.4 Å². The Bertz CT molecular complexity index is 891. The number of hydrogen-bond acceptors (Lipinski definition) is 4. The monoisotopic (exact) mass is 415 g/mol. The first-order valence-electron chi connectivity index (χ1n) is 10.1. The second-order valence-corrected chi connectivity index (χ2v) is 7.77. The fourth-order valence-corrected chi connectivity index (χ4v) is 4.54. The molecule has 30 heavy (non-hydrogen) atoms. The van der Waals surface area contributed by atoms with Crippen molar-refractivity contribution in [2.24, 2.45) is 5.92 Å². The van der Waals surface area contributed by atoms with Crippen LogP contribution in [0.15, 0.2) is 54.6 Å². The number of ketones is 1. The van der Waals surface area contributed by atoms with Crippen LogP contribution in [0.5, 0.6) is 5.75 Å². The third kappa shape index (κ3) is 4.45. The Labute approximate surface area is 173 Å². The molecule has 4 rings (SSSR count). The Morgan fingerprint density at radius 1 is 1.00 bits per heavy atom. The first-order chi connectivity index (χ1) is 14.5. The van der Waals surface area contributed by atoms with E-state index in [0.717, 1.165) is 18.4 Å². The van der Waals surface area contributed by atoms with Gasteiger partial charge in [-0.3, -0.25) is 4.79 Å². The van der Waals surface area contributed by atoms with Crippen LogP contribution in [0.25, 0.3) is 0 Å². The quantitative estimate of drug-likeness (QED) is 0.620. The molecule has 2 atom stereocenters. The summed E-state index contributed by atoms with van der Waals surface area (Å²) in [4.78, 5) is 27.4. The second-order valence-electron chi connectivity index (χ2n) is 7.77. The first kappa shape index (κ1) is 20.3. The molecule has 0 aliphatic carbocycles. The maximum atomic E-state index is 13.0. The first-order valence-corrected chi connectivity index (χ1v) is 10.1. The molecule has 0 saturated carbocycles. The molecule has 1 amide bonds. The summed E-state index contributed by atoms with van der Waals surface area (Å²) < 4.78 is 34.8. The molecular formula is C23H23F2NO4. The van der Waals surface area contributed by atoms with Crippen LogP contribution < -0.4 is 4.74 Å². The average Bonchev–Trinajstić information content (AvgIpc) is 3.01. The fourth-order valence-electron chi connectivity index (χ4n) is 4.54. The Kier molecular flexibility index (Phi) is 5.97. The van der Waals surface area contributed by atoms with E-state index < -0.39 is 6.61 Å². The van der Waals surface area contributed by atoms with Crippen LogP contribution in [0, 0.1) is 5.92 Å². The molecule has 5 nitrogen and oxygen atoms in total. The van der Waals surface area contributed by atoms with Crippen LogP contribution in [0.3, 0.4) is 0 Å². The zero-order chi connectivity index (χ0) is 21.1. The minimum absolute atomic E-state index is 0.0271. The normalized spacial score (nSPS) is 22.8. The summed E-state index contributed by atoms with van der Waals surface area (Å²) in [5.74, 6) is -0.368. The minimum Gasteiger partial charge on any atom is -0.445 e. The van der Waals surface area contributed by atoms with Crippen LogP contribution >= 0.6 is 0 Å². The summed E-state index contributed by atoms with van der Waals surface area (Å²) in [5, 5.41) is 0. The molecule has 0 spiro atoms. The molecule has 0 N–H and O–H groups in total. The lowest BCUT2D eigenvalue weighted by Gasteiger charge is -2.37. The number of Topliss-reactive ketones (excluding diaryl/α,β-unsaturated/α-hetero) is 1. The molecule has 2 unspecified atom stereocenters. The third-order valence-corrected chi connectivity index (χ3v) is 5.86. The maximum absolute atomic E-state index is 13.0. The number of carbonyl (C=O) groups excluding carboxylic acids is 2. The highest BCUT2D eigenvalue weighted by Crippen LogP contribution is 2.40. The van der Waals surface area contributed by atoms with E-state index in [1.54, 1.807) is 11.0 Å². The summed E-state index contributed by atoms with van der Waals surface area (Å²) in [6.45, 7) is -2.72. The van der Waals surface area contributed by atoms with E-state index in [1.807, 2.05) is 30.3 Å². The zero-order valence-corrected chi connectivity index (χ0v) is 16.4. The van der Waals surface area contributed by atoms with Gasteiger partial charge in [0.2, 0.25) is 0 Å². The molecule has 2 aromatic rings. The lowest BCUT2D eigenvalue weighted by Crippen LogP contribution is -2.48. The molecule has 2 aliphatic rings. The standard InChI is InChI=1S/C23H23F2NO4/c24-22(25)30-20-8-4-7-16(13-20)21(27)17-11-18-9-10-19(12-17)26(18)23(28)29-14-15-5-2-1-3-6-15/h1-8,13,17-19,22H,9-12,14H2. The topological polar surface area (TPSA) is 55.8 Å². The van der Waals surface area contributed by atoms with Crippen LogP contribution in [-0.2, 0) is 11.3 Å². The van der Waals surface area contributed by atoms with E-state index in [1.165, 1.54) is 18.2 Å². The smallest absolute Gasteiger partial charge is 0.410 e. The van der Waals surface area contributed by atoms with Gasteiger partial charge in [-0.2, -0.15) is 8.78 Å². The van der Waals surface area contributed by atoms with E-state index in [-0.39, 0.29) is 42.2 Å². The highest BCUT2D eigenvalue weighted by molar-refractivity contribution is 5.98. The van der Waals surface area contributed by atoms with Gasteiger partial charge in [-0.05, 0) is 43.4 Å². The van der Waals surface area contributed by atoms with Gasteiger partial charge in [0.15, 0.2) is 5.78 Å². The van der Waals surface area contributed by atoms with Crippen molar-refractivity contribution in [3.05, 3.63) is 65.7 Å². The summed E-state index contributed by atoms with van der Waals surface area (Å²) in [7, 11) is 0. The number of nitrogens with zero attached hydrogens (tertiary/aromatic N) is 1. The second kappa shape index (κ2) is 8.81. The van der Waals surface area contributed by atoms with Crippen molar-refractivity contribution in [3.8, 4) is 5.75 Å². The van der Waals surface area contributed by atoms with Crippen molar-refractivity contribution in [3.63, 3.8) is 0 Å². The number of amides is 1. The molecule has 2 saturated heterocycles. The van der Waals surface area contributed by atoms with Crippen LogP contribution in [0.4, 0.5) is 13.6 Å². The molecule has 2 aliphatic heterocycles. The van der Waals surface area contributed by atoms with Crippen molar-refractivity contribution in [1.82, 2.24) is 4.90 Å². The molecule has 158 valence electrons. The number of benzene rings is 2. The number of rotatable bonds is 6. The van der Waals surface area contributed by atoms with Crippen molar-refractivity contribution in [1.29, 1.82) is 0 Å². The van der Waals surface area contributed by atoms with Crippen LogP contribution in [0.2, 0.25) is 0 Å². The SMILES string of the molecule is O=C(c1cccc(OC(F)F)c1)C1CC2CCC(C1)N2C(=O)OCc1ccccc1. The van der Waals surface area contributed by atoms with Gasteiger partial charge >= 0.3 is 12.7 Å². The zero-order valence-electron chi connectivity index (χ0n) is 16.4. The number of hydrogen-bond donors (Lipinski definition) is 0. The molecule has 7 heteroatoms. The number of alkyl halides is 2. The summed E-state index contributed by atoms with van der Waals surface area (Å²) in [6.07, 6.45) is 2.43. The number of ether oxygens (including phenoxy) is 2. The van der Waals surface area contributed by atoms with Crippen LogP contribution in [0.1, 0.15) is 41.6 Å². The van der Waals surface area contributed by atoms with Gasteiger partial charge < -0.3 is 14.4 Å². The largest absolute Gasteiger partial charge is 0.445 e. The number of halogens is 2. The Morgan fingerprint density at radius 3 is 2.37 bits per heavy atom. The Hall–Kier alpha value is -2.96. The lowest BCUT2D eigenvalue weighted by atomic mass is 9.85. The molecule has 2 heterocycles. The number of carbonyl (C=O) groups is 2. The molecular weight excluding hydrogens is 392 g/mol. The molecule has 0 aromatic heterocycles. The van der Waals surface area contributed by atoms with Crippen molar-refractivity contribution >= 4 is 11.9 Å². The predicted molar refractivity (Wildman–Crippen MR) is 105 cm³/mol. The number of fused-ring (bicyclic) bond motifs is 2. The molecule has 2 bridgehead atoms. The predicted octanol–water partition coefficient (Wildman–Crippen LogP) is 5.05. The molecule has 0 radical (unpaired) electrons. The summed E-state index contributed by atoms with van der Waals surface area (Å²) in [6, 6.07) is 15.3. The van der Waals surface area contributed by atoms with Gasteiger partial charge in [0.25, 0.3) is 0 Å². The summed E-state index contributed by atoms with van der Waals surface area (Å²) in [5.41, 5.74) is 1.28. The lowest BCUT2D eigenvalue weighted by molar-refractivity contribution is -0.0498. The van der Waals surface area contributed by atoms with Crippen molar-refractivity contribution in [2.45, 2.75) is 51.0 Å². The van der Waals surface area contributed by atoms with Crippen molar-refractivity contribution in [2.75, 3.05) is 0 Å². The average molecular weight is 415 g/mol. The third-order valence-electron chi connectivity index (χ3n) is 5.86. The maximum Gasteiger partial charge on any atom is 0.410 e. The van der Waals surface area contributed by atoms with Crippen LogP contribution in [-0.4, -0.2) is 35.5 Å². The van der Waals surface area contributed by atoms with Gasteiger partial charge in [-0.15, -0.1) is 0 Å². The van der Waals surface area contributed by atoms with Gasteiger partial charge in [-0.1, -0.05) is 42.5 Å². The van der Waals surface area contributed by atoms with E-state index in [4.69, 9.17) is 4.74 Å². The van der Waals surface area contributed by atoms with Gasteiger partial charge in [0, 0.05) is 23.6 Å². The van der Waals surface area contributed by atoms with E-state index in [0.29, 0.717) is 18.4 Å². The molecule has 2 fully saturated rings. The Balaban J connectivity index is 1.39. The summed E-state index contributed by atoms with van der Waals surface area (Å²) >= 11 is 0. The van der Waals surface area contributed by atoms with E-state index >= 15 is 0 Å². The fraction of sp³-hybridized carbons (Fsp3) is 0.391. The Morgan fingerprint density at radius 2 is 1.70 bits per heavy atom.